The zero-order valence-electron chi connectivity index (χ0n) is 14.4. The van der Waals surface area contributed by atoms with Crippen LogP contribution in [-0.4, -0.2) is 31.1 Å². The molecule has 1 heterocycles. The molecule has 1 aliphatic heterocycles. The van der Waals surface area contributed by atoms with E-state index in [2.05, 4.69) is 50.1 Å². The average Bonchev–Trinajstić information content (AvgIpc) is 2.89. The van der Waals surface area contributed by atoms with Crippen LogP contribution in [0, 0.1) is 0 Å². The molecule has 0 spiro atoms. The first kappa shape index (κ1) is 19.0. The third-order valence-electron chi connectivity index (χ3n) is 3.20. The van der Waals surface area contributed by atoms with Crippen molar-refractivity contribution in [3.63, 3.8) is 0 Å². The van der Waals surface area contributed by atoms with Crippen LogP contribution in [0.5, 0.6) is 5.75 Å². The number of likely N-dealkylation sites (N-methyl/N-ethyl adjacent to an activating group) is 1. The Bertz CT molecular complexity index is 332. The molecule has 2 heteroatoms. The summed E-state index contributed by atoms with van der Waals surface area (Å²) < 4.78 is 5.94. The summed E-state index contributed by atoms with van der Waals surface area (Å²) in [5.74, 6) is 1.59. The molecule has 0 N–H and O–H groups in total. The molecular weight excluding hydrogens is 246 g/mol. The van der Waals surface area contributed by atoms with E-state index in [0.717, 1.165) is 25.3 Å². The Morgan fingerprint density at radius 1 is 1.05 bits per heavy atom. The van der Waals surface area contributed by atoms with Crippen LogP contribution in [0.25, 0.3) is 0 Å². The summed E-state index contributed by atoms with van der Waals surface area (Å²) >= 11 is 0. The minimum absolute atomic E-state index is 0.370. The highest BCUT2D eigenvalue weighted by molar-refractivity contribution is 5.29. The van der Waals surface area contributed by atoms with Crippen molar-refractivity contribution >= 4 is 0 Å². The molecule has 1 aromatic rings. The van der Waals surface area contributed by atoms with E-state index < -0.39 is 0 Å². The van der Waals surface area contributed by atoms with Gasteiger partial charge in [0.05, 0.1) is 0 Å². The maximum absolute atomic E-state index is 5.94. The summed E-state index contributed by atoms with van der Waals surface area (Å²) in [5, 5.41) is 0. The van der Waals surface area contributed by atoms with Crippen LogP contribution >= 0.6 is 0 Å². The van der Waals surface area contributed by atoms with Gasteiger partial charge < -0.3 is 9.64 Å². The highest BCUT2D eigenvalue weighted by Gasteiger charge is 2.20. The zero-order valence-corrected chi connectivity index (χ0v) is 14.4. The average molecular weight is 279 g/mol. The molecule has 0 amide bonds. The highest BCUT2D eigenvalue weighted by atomic mass is 16.5. The molecule has 0 unspecified atom stereocenters. The lowest BCUT2D eigenvalue weighted by molar-refractivity contribution is 0.208. The van der Waals surface area contributed by atoms with Gasteiger partial charge in [-0.15, -0.1) is 0 Å². The van der Waals surface area contributed by atoms with Crippen LogP contribution in [0.1, 0.15) is 59.4 Å². The molecule has 20 heavy (non-hydrogen) atoms. The Morgan fingerprint density at radius 2 is 1.60 bits per heavy atom. The second kappa shape index (κ2) is 10.7. The summed E-state index contributed by atoms with van der Waals surface area (Å²) in [7, 11) is 2.14. The van der Waals surface area contributed by atoms with Gasteiger partial charge in [-0.3, -0.25) is 0 Å². The van der Waals surface area contributed by atoms with Crippen molar-refractivity contribution in [2.24, 2.45) is 0 Å². The highest BCUT2D eigenvalue weighted by Crippen LogP contribution is 2.21. The van der Waals surface area contributed by atoms with Crippen molar-refractivity contribution in [1.82, 2.24) is 4.90 Å². The van der Waals surface area contributed by atoms with Gasteiger partial charge in [-0.05, 0) is 37.1 Å². The maximum Gasteiger partial charge on any atom is 0.119 e. The minimum Gasteiger partial charge on any atom is -0.489 e. The normalized spacial score (nSPS) is 17.9. The molecule has 0 aromatic heterocycles. The monoisotopic (exact) mass is 279 g/mol. The molecule has 1 atom stereocenters. The summed E-state index contributed by atoms with van der Waals surface area (Å²) in [5.41, 5.74) is 1.37. The van der Waals surface area contributed by atoms with Crippen molar-refractivity contribution in [2.45, 2.75) is 60.0 Å². The number of hydrogen-bond acceptors (Lipinski definition) is 2. The van der Waals surface area contributed by atoms with Gasteiger partial charge >= 0.3 is 0 Å². The number of benzene rings is 1. The zero-order chi connectivity index (χ0) is 15.5. The Hall–Kier alpha value is -1.02. The fourth-order valence-corrected chi connectivity index (χ4v) is 2.11. The van der Waals surface area contributed by atoms with E-state index in [1.165, 1.54) is 5.56 Å². The van der Waals surface area contributed by atoms with Crippen LogP contribution in [0.2, 0.25) is 0 Å². The molecule has 1 aliphatic rings. The van der Waals surface area contributed by atoms with E-state index >= 15 is 0 Å². The molecule has 1 saturated heterocycles. The van der Waals surface area contributed by atoms with Gasteiger partial charge in [-0.1, -0.05) is 53.7 Å². The summed E-state index contributed by atoms with van der Waals surface area (Å²) in [4.78, 5) is 2.31. The summed E-state index contributed by atoms with van der Waals surface area (Å²) in [6.07, 6.45) is 1.51. The van der Waals surface area contributed by atoms with E-state index in [1.54, 1.807) is 0 Å². The van der Waals surface area contributed by atoms with E-state index in [4.69, 9.17) is 4.74 Å². The predicted octanol–water partition coefficient (Wildman–Crippen LogP) is 4.95. The van der Waals surface area contributed by atoms with E-state index in [-0.39, 0.29) is 0 Å². The molecular formula is C18H33NO. The molecule has 0 radical (unpaired) electrons. The maximum atomic E-state index is 5.94. The predicted molar refractivity (Wildman–Crippen MR) is 89.8 cm³/mol. The number of likely N-dealkylation sites (tertiary alicyclic amines) is 1. The van der Waals surface area contributed by atoms with E-state index in [0.29, 0.717) is 12.0 Å². The Labute approximate surface area is 126 Å². The van der Waals surface area contributed by atoms with E-state index in [1.807, 2.05) is 27.7 Å². The van der Waals surface area contributed by atoms with Gasteiger partial charge in [-0.2, -0.15) is 0 Å². The SMILES string of the molecule is CC.CC.CC(C)c1ccc(O[C@H]2CCN(C)C2)cc1. The lowest BCUT2D eigenvalue weighted by atomic mass is 10.0. The first-order valence-electron chi connectivity index (χ1n) is 8.10. The largest absolute Gasteiger partial charge is 0.489 e. The van der Waals surface area contributed by atoms with Crippen LogP contribution < -0.4 is 4.74 Å². The number of rotatable bonds is 3. The first-order valence-corrected chi connectivity index (χ1v) is 8.10. The Morgan fingerprint density at radius 3 is 2.00 bits per heavy atom. The van der Waals surface area contributed by atoms with Crippen LogP contribution in [0.4, 0.5) is 0 Å². The van der Waals surface area contributed by atoms with Gasteiger partial charge in [0.25, 0.3) is 0 Å². The van der Waals surface area contributed by atoms with Gasteiger partial charge in [0.2, 0.25) is 0 Å². The lowest BCUT2D eigenvalue weighted by Crippen LogP contribution is -2.21. The quantitative estimate of drug-likeness (QED) is 0.776. The molecule has 1 fully saturated rings. The van der Waals surface area contributed by atoms with Gasteiger partial charge in [-0.25, -0.2) is 0 Å². The van der Waals surface area contributed by atoms with Crippen LogP contribution in [0.15, 0.2) is 24.3 Å². The van der Waals surface area contributed by atoms with Crippen LogP contribution in [0.3, 0.4) is 0 Å². The van der Waals surface area contributed by atoms with Crippen molar-refractivity contribution < 1.29 is 4.74 Å². The van der Waals surface area contributed by atoms with Crippen molar-refractivity contribution in [1.29, 1.82) is 0 Å². The number of hydrogen-bond donors (Lipinski definition) is 0. The Kier molecular flexibility index (Phi) is 10.2. The Balaban J connectivity index is 0.000000829. The van der Waals surface area contributed by atoms with Crippen molar-refractivity contribution in [3.05, 3.63) is 29.8 Å². The topological polar surface area (TPSA) is 12.5 Å². The smallest absolute Gasteiger partial charge is 0.119 e. The summed E-state index contributed by atoms with van der Waals surface area (Å²) in [6, 6.07) is 8.51. The first-order chi connectivity index (χ1) is 9.65. The van der Waals surface area contributed by atoms with Gasteiger partial charge in [0.1, 0.15) is 11.9 Å². The molecule has 2 rings (SSSR count). The fraction of sp³-hybridized carbons (Fsp3) is 0.667. The second-order valence-electron chi connectivity index (χ2n) is 5.01. The van der Waals surface area contributed by atoms with Crippen molar-refractivity contribution in [3.8, 4) is 5.75 Å². The van der Waals surface area contributed by atoms with Crippen molar-refractivity contribution in [2.75, 3.05) is 20.1 Å². The molecule has 0 bridgehead atoms. The van der Waals surface area contributed by atoms with Gasteiger partial charge in [0.15, 0.2) is 0 Å². The molecule has 1 aromatic carbocycles. The lowest BCUT2D eigenvalue weighted by Gasteiger charge is -2.14. The molecule has 0 aliphatic carbocycles. The number of ether oxygens (including phenoxy) is 1. The van der Waals surface area contributed by atoms with Gasteiger partial charge in [0, 0.05) is 13.1 Å². The standard InChI is InChI=1S/C14H21NO.2C2H6/c1-11(2)12-4-6-13(7-5-12)16-14-8-9-15(3)10-14;2*1-2/h4-7,11,14H,8-10H2,1-3H3;2*1-2H3/t14-;;/m0../s1. The molecule has 2 nitrogen and oxygen atoms in total. The van der Waals surface area contributed by atoms with Crippen LogP contribution in [-0.2, 0) is 0 Å². The molecule has 116 valence electrons. The minimum atomic E-state index is 0.370. The third-order valence-corrected chi connectivity index (χ3v) is 3.20. The summed E-state index contributed by atoms with van der Waals surface area (Å²) in [6.45, 7) is 14.6. The fourth-order valence-electron chi connectivity index (χ4n) is 2.11. The van der Waals surface area contributed by atoms with E-state index in [9.17, 15) is 0 Å². The third kappa shape index (κ3) is 6.42. The number of nitrogens with zero attached hydrogens (tertiary/aromatic N) is 1. The second-order valence-corrected chi connectivity index (χ2v) is 5.01. The molecule has 0 saturated carbocycles.